The van der Waals surface area contributed by atoms with Crippen molar-refractivity contribution >= 4 is 44.9 Å². The molecule has 0 radical (unpaired) electrons. The summed E-state index contributed by atoms with van der Waals surface area (Å²) in [6.07, 6.45) is 1.62. The Morgan fingerprint density at radius 3 is 2.57 bits per heavy atom. The minimum atomic E-state index is -0.453. The van der Waals surface area contributed by atoms with Crippen molar-refractivity contribution in [2.45, 2.75) is 6.54 Å². The fourth-order valence-corrected chi connectivity index (χ4v) is 2.63. The SMILES string of the molecule is NC(=O)CN(Cc1ccc(N)cc1)c1ncc(Br)cc1Cl. The van der Waals surface area contributed by atoms with Gasteiger partial charge in [0.1, 0.15) is 5.82 Å². The van der Waals surface area contributed by atoms with E-state index in [0.717, 1.165) is 10.0 Å². The van der Waals surface area contributed by atoms with Crippen LogP contribution < -0.4 is 16.4 Å². The van der Waals surface area contributed by atoms with Crippen LogP contribution in [0.3, 0.4) is 0 Å². The van der Waals surface area contributed by atoms with E-state index in [9.17, 15) is 4.79 Å². The van der Waals surface area contributed by atoms with Crippen LogP contribution in [0.5, 0.6) is 0 Å². The normalized spacial score (nSPS) is 10.4. The third-order valence-corrected chi connectivity index (χ3v) is 3.50. The molecule has 0 spiro atoms. The molecule has 0 aliphatic heterocycles. The Kier molecular flexibility index (Phi) is 5.03. The number of halogens is 2. The van der Waals surface area contributed by atoms with Gasteiger partial charge in [-0.05, 0) is 39.7 Å². The Hall–Kier alpha value is -1.79. The summed E-state index contributed by atoms with van der Waals surface area (Å²) in [4.78, 5) is 17.3. The number of hydrogen-bond donors (Lipinski definition) is 2. The van der Waals surface area contributed by atoms with E-state index < -0.39 is 5.91 Å². The van der Waals surface area contributed by atoms with Gasteiger partial charge in [-0.1, -0.05) is 23.7 Å². The molecule has 2 aromatic rings. The van der Waals surface area contributed by atoms with Gasteiger partial charge in [0.05, 0.1) is 11.6 Å². The second-order valence-corrected chi connectivity index (χ2v) is 5.85. The monoisotopic (exact) mass is 368 g/mol. The highest BCUT2D eigenvalue weighted by atomic mass is 79.9. The van der Waals surface area contributed by atoms with E-state index in [2.05, 4.69) is 20.9 Å². The van der Waals surface area contributed by atoms with E-state index >= 15 is 0 Å². The average molecular weight is 370 g/mol. The molecule has 0 bridgehead atoms. The number of carbonyl (C=O) groups excluding carboxylic acids is 1. The van der Waals surface area contributed by atoms with E-state index in [1.165, 1.54) is 0 Å². The van der Waals surface area contributed by atoms with E-state index in [4.69, 9.17) is 23.1 Å². The molecular formula is C14H14BrClN4O. The molecule has 4 N–H and O–H groups in total. The van der Waals surface area contributed by atoms with Crippen molar-refractivity contribution in [3.05, 3.63) is 51.6 Å². The number of hydrogen-bond acceptors (Lipinski definition) is 4. The number of anilines is 2. The maximum absolute atomic E-state index is 11.3. The van der Waals surface area contributed by atoms with Crippen LogP contribution in [0.2, 0.25) is 5.02 Å². The highest BCUT2D eigenvalue weighted by molar-refractivity contribution is 9.10. The lowest BCUT2D eigenvalue weighted by molar-refractivity contribution is -0.116. The topological polar surface area (TPSA) is 85.2 Å². The van der Waals surface area contributed by atoms with Crippen molar-refractivity contribution in [1.82, 2.24) is 4.98 Å². The zero-order chi connectivity index (χ0) is 15.4. The average Bonchev–Trinajstić information content (AvgIpc) is 2.40. The number of carbonyl (C=O) groups is 1. The first kappa shape index (κ1) is 15.6. The molecule has 1 heterocycles. The van der Waals surface area contributed by atoms with Crippen LogP contribution in [0.1, 0.15) is 5.56 Å². The Morgan fingerprint density at radius 1 is 1.33 bits per heavy atom. The fourth-order valence-electron chi connectivity index (χ4n) is 1.88. The van der Waals surface area contributed by atoms with Gasteiger partial charge in [0.15, 0.2) is 0 Å². The summed E-state index contributed by atoms with van der Waals surface area (Å²) in [5.41, 5.74) is 12.6. The summed E-state index contributed by atoms with van der Waals surface area (Å²) in [5, 5.41) is 0.445. The number of nitrogen functional groups attached to an aromatic ring is 1. The molecule has 0 saturated heterocycles. The molecule has 0 aliphatic rings. The Balaban J connectivity index is 2.29. The molecule has 0 aliphatic carbocycles. The van der Waals surface area contributed by atoms with Crippen LogP contribution in [0.15, 0.2) is 41.0 Å². The van der Waals surface area contributed by atoms with Crippen molar-refractivity contribution < 1.29 is 4.79 Å². The third-order valence-electron chi connectivity index (χ3n) is 2.79. The number of primary amides is 1. The van der Waals surface area contributed by atoms with Gasteiger partial charge >= 0.3 is 0 Å². The summed E-state index contributed by atoms with van der Waals surface area (Å²) >= 11 is 9.49. The molecule has 0 unspecified atom stereocenters. The van der Waals surface area contributed by atoms with Crippen LogP contribution in [-0.4, -0.2) is 17.4 Å². The van der Waals surface area contributed by atoms with Crippen molar-refractivity contribution in [3.8, 4) is 0 Å². The van der Waals surface area contributed by atoms with Crippen LogP contribution >= 0.6 is 27.5 Å². The van der Waals surface area contributed by atoms with Crippen LogP contribution in [0, 0.1) is 0 Å². The molecule has 0 saturated carbocycles. The molecule has 5 nitrogen and oxygen atoms in total. The molecular weight excluding hydrogens is 356 g/mol. The zero-order valence-electron chi connectivity index (χ0n) is 11.1. The van der Waals surface area contributed by atoms with Crippen molar-refractivity contribution in [3.63, 3.8) is 0 Å². The first-order valence-electron chi connectivity index (χ1n) is 6.14. The second-order valence-electron chi connectivity index (χ2n) is 4.52. The van der Waals surface area contributed by atoms with Crippen LogP contribution in [0.4, 0.5) is 11.5 Å². The van der Waals surface area contributed by atoms with Crippen molar-refractivity contribution in [2.75, 3.05) is 17.2 Å². The van der Waals surface area contributed by atoms with Crippen LogP contribution in [-0.2, 0) is 11.3 Å². The first-order valence-corrected chi connectivity index (χ1v) is 7.31. The number of nitrogens with zero attached hydrogens (tertiary/aromatic N) is 2. The minimum absolute atomic E-state index is 0.0265. The molecule has 7 heteroatoms. The highest BCUT2D eigenvalue weighted by Crippen LogP contribution is 2.27. The molecule has 1 aromatic heterocycles. The van der Waals surface area contributed by atoms with Gasteiger partial charge in [-0.15, -0.1) is 0 Å². The number of rotatable bonds is 5. The Bertz CT molecular complexity index is 648. The van der Waals surface area contributed by atoms with Gasteiger partial charge < -0.3 is 16.4 Å². The summed E-state index contributed by atoms with van der Waals surface area (Å²) in [6.45, 7) is 0.482. The zero-order valence-corrected chi connectivity index (χ0v) is 13.4. The van der Waals surface area contributed by atoms with Gasteiger partial charge in [-0.3, -0.25) is 4.79 Å². The number of pyridine rings is 1. The van der Waals surface area contributed by atoms with Gasteiger partial charge in [0, 0.05) is 22.9 Å². The van der Waals surface area contributed by atoms with Crippen molar-refractivity contribution in [1.29, 1.82) is 0 Å². The van der Waals surface area contributed by atoms with Gasteiger partial charge in [-0.25, -0.2) is 4.98 Å². The molecule has 110 valence electrons. The van der Waals surface area contributed by atoms with E-state index in [0.29, 0.717) is 23.1 Å². The standard InChI is InChI=1S/C14H14BrClN4O/c15-10-5-12(16)14(19-6-10)20(8-13(18)21)7-9-1-3-11(17)4-2-9/h1-6H,7-8,17H2,(H2,18,21). The van der Waals surface area contributed by atoms with E-state index in [-0.39, 0.29) is 6.54 Å². The Labute approximate surface area is 136 Å². The summed E-state index contributed by atoms with van der Waals surface area (Å²) in [6, 6.07) is 9.09. The lowest BCUT2D eigenvalue weighted by Gasteiger charge is -2.23. The lowest BCUT2D eigenvalue weighted by atomic mass is 10.2. The predicted octanol–water partition coefficient (Wildman–Crippen LogP) is 2.57. The smallest absolute Gasteiger partial charge is 0.237 e. The summed E-state index contributed by atoms with van der Waals surface area (Å²) in [5.74, 6) is 0.0572. The second kappa shape index (κ2) is 6.78. The van der Waals surface area contributed by atoms with Gasteiger partial charge in [-0.2, -0.15) is 0 Å². The third kappa shape index (κ3) is 4.34. The lowest BCUT2D eigenvalue weighted by Crippen LogP contribution is -2.34. The first-order chi connectivity index (χ1) is 9.95. The number of aromatic nitrogens is 1. The molecule has 1 aromatic carbocycles. The highest BCUT2D eigenvalue weighted by Gasteiger charge is 2.15. The number of benzene rings is 1. The molecule has 21 heavy (non-hydrogen) atoms. The van der Waals surface area contributed by atoms with E-state index in [1.54, 1.807) is 29.3 Å². The minimum Gasteiger partial charge on any atom is -0.399 e. The molecule has 2 rings (SSSR count). The Morgan fingerprint density at radius 2 is 2.00 bits per heavy atom. The quantitative estimate of drug-likeness (QED) is 0.793. The molecule has 1 amide bonds. The maximum Gasteiger partial charge on any atom is 0.237 e. The summed E-state index contributed by atoms with van der Waals surface area (Å²) in [7, 11) is 0. The molecule has 0 fully saturated rings. The summed E-state index contributed by atoms with van der Waals surface area (Å²) < 4.78 is 0.766. The van der Waals surface area contributed by atoms with Gasteiger partial charge in [0.25, 0.3) is 0 Å². The largest absolute Gasteiger partial charge is 0.399 e. The van der Waals surface area contributed by atoms with E-state index in [1.807, 2.05) is 12.1 Å². The number of amides is 1. The van der Waals surface area contributed by atoms with Crippen LogP contribution in [0.25, 0.3) is 0 Å². The van der Waals surface area contributed by atoms with Crippen molar-refractivity contribution in [2.24, 2.45) is 5.73 Å². The maximum atomic E-state index is 11.3. The number of nitrogens with two attached hydrogens (primary N) is 2. The fraction of sp³-hybridized carbons (Fsp3) is 0.143. The molecule has 0 atom stereocenters. The predicted molar refractivity (Wildman–Crippen MR) is 88.0 cm³/mol. The van der Waals surface area contributed by atoms with Gasteiger partial charge in [0.2, 0.25) is 5.91 Å².